The van der Waals surface area contributed by atoms with Crippen molar-refractivity contribution in [2.45, 2.75) is 12.5 Å². The minimum absolute atomic E-state index is 0.00477. The average Bonchev–Trinajstić information content (AvgIpc) is 2.13. The predicted molar refractivity (Wildman–Crippen MR) is 48.1 cm³/mol. The van der Waals surface area contributed by atoms with Gasteiger partial charge in [0.15, 0.2) is 0 Å². The summed E-state index contributed by atoms with van der Waals surface area (Å²) in [5.74, 6) is -0.115. The Balaban J connectivity index is 2.49. The highest BCUT2D eigenvalue weighted by Gasteiger charge is 2.27. The smallest absolute Gasteiger partial charge is 0.240 e. The molecule has 13 heavy (non-hydrogen) atoms. The summed E-state index contributed by atoms with van der Waals surface area (Å²) in [7, 11) is 3.32. The monoisotopic (exact) mass is 185 g/mol. The van der Waals surface area contributed by atoms with Gasteiger partial charge in [-0.2, -0.15) is 0 Å². The van der Waals surface area contributed by atoms with Crippen molar-refractivity contribution in [1.29, 1.82) is 0 Å². The van der Waals surface area contributed by atoms with Crippen LogP contribution in [0.15, 0.2) is 0 Å². The van der Waals surface area contributed by atoms with Gasteiger partial charge in [-0.25, -0.2) is 0 Å². The van der Waals surface area contributed by atoms with Gasteiger partial charge in [0.05, 0.1) is 12.5 Å². The molecule has 0 aromatic rings. The number of carbonyl (C=O) groups is 2. The number of nitrogens with one attached hydrogen (secondary N) is 2. The molecule has 1 atom stereocenters. The lowest BCUT2D eigenvalue weighted by molar-refractivity contribution is -0.136. The third-order valence-electron chi connectivity index (χ3n) is 2.18. The lowest BCUT2D eigenvalue weighted by Gasteiger charge is -2.29. The summed E-state index contributed by atoms with van der Waals surface area (Å²) in [5, 5.41) is 5.51. The quantitative estimate of drug-likeness (QED) is 0.553. The lowest BCUT2D eigenvalue weighted by Crippen LogP contribution is -2.54. The number of rotatable bonds is 2. The number of hydrogen-bond donors (Lipinski definition) is 2. The predicted octanol–water partition coefficient (Wildman–Crippen LogP) is -1.45. The van der Waals surface area contributed by atoms with E-state index in [1.165, 1.54) is 0 Å². The van der Waals surface area contributed by atoms with Crippen LogP contribution in [0.25, 0.3) is 0 Å². The molecule has 2 amide bonds. The Kier molecular flexibility index (Phi) is 3.25. The zero-order chi connectivity index (χ0) is 9.84. The molecule has 0 radical (unpaired) electrons. The molecule has 0 aromatic heterocycles. The second kappa shape index (κ2) is 4.23. The molecule has 1 fully saturated rings. The molecule has 1 aliphatic heterocycles. The van der Waals surface area contributed by atoms with Crippen molar-refractivity contribution in [1.82, 2.24) is 15.5 Å². The molecule has 5 nitrogen and oxygen atoms in total. The van der Waals surface area contributed by atoms with E-state index in [4.69, 9.17) is 0 Å². The summed E-state index contributed by atoms with van der Waals surface area (Å²) < 4.78 is 0. The van der Waals surface area contributed by atoms with E-state index in [1.54, 1.807) is 19.0 Å². The van der Waals surface area contributed by atoms with Gasteiger partial charge < -0.3 is 15.5 Å². The topological polar surface area (TPSA) is 61.4 Å². The van der Waals surface area contributed by atoms with Gasteiger partial charge in [0.25, 0.3) is 0 Å². The van der Waals surface area contributed by atoms with Crippen LogP contribution >= 0.6 is 0 Å². The summed E-state index contributed by atoms with van der Waals surface area (Å²) in [6.07, 6.45) is 0.222. The van der Waals surface area contributed by atoms with Crippen molar-refractivity contribution < 1.29 is 9.59 Å². The number of likely N-dealkylation sites (N-methyl/N-ethyl adjacent to an activating group) is 1. The molecule has 0 spiro atoms. The molecule has 2 N–H and O–H groups in total. The molecule has 1 rings (SSSR count). The third-order valence-corrected chi connectivity index (χ3v) is 2.18. The van der Waals surface area contributed by atoms with Gasteiger partial charge in [0, 0.05) is 27.2 Å². The fourth-order valence-electron chi connectivity index (χ4n) is 1.32. The second-order valence-electron chi connectivity index (χ2n) is 3.14. The van der Waals surface area contributed by atoms with E-state index >= 15 is 0 Å². The molecular weight excluding hydrogens is 170 g/mol. The first kappa shape index (κ1) is 9.98. The summed E-state index contributed by atoms with van der Waals surface area (Å²) in [5.41, 5.74) is 0. The fraction of sp³-hybridized carbons (Fsp3) is 0.750. The van der Waals surface area contributed by atoms with Crippen LogP contribution in [-0.2, 0) is 9.59 Å². The molecule has 1 heterocycles. The summed E-state index contributed by atoms with van der Waals surface area (Å²) >= 11 is 0. The molecule has 0 saturated carbocycles. The highest BCUT2D eigenvalue weighted by Crippen LogP contribution is 2.02. The summed E-state index contributed by atoms with van der Waals surface area (Å²) in [4.78, 5) is 24.1. The zero-order valence-corrected chi connectivity index (χ0v) is 7.96. The Morgan fingerprint density at radius 1 is 1.77 bits per heavy atom. The van der Waals surface area contributed by atoms with Gasteiger partial charge >= 0.3 is 0 Å². The Morgan fingerprint density at radius 2 is 2.46 bits per heavy atom. The van der Waals surface area contributed by atoms with Crippen molar-refractivity contribution in [3.8, 4) is 0 Å². The number of carbonyl (C=O) groups excluding carboxylic acids is 2. The van der Waals surface area contributed by atoms with E-state index in [-0.39, 0.29) is 24.3 Å². The summed E-state index contributed by atoms with van der Waals surface area (Å²) in [6.45, 7) is 1.47. The maximum absolute atomic E-state index is 11.5. The van der Waals surface area contributed by atoms with Crippen LogP contribution in [0.4, 0.5) is 0 Å². The van der Waals surface area contributed by atoms with Gasteiger partial charge in [-0.1, -0.05) is 0 Å². The van der Waals surface area contributed by atoms with Crippen LogP contribution in [0.1, 0.15) is 6.42 Å². The lowest BCUT2D eigenvalue weighted by atomic mass is 10.1. The van der Waals surface area contributed by atoms with E-state index in [2.05, 4.69) is 10.6 Å². The SMILES string of the molecule is CNC(=O)C[C@@H]1NCCN(C)C1=O. The van der Waals surface area contributed by atoms with Crippen LogP contribution in [0.2, 0.25) is 0 Å². The van der Waals surface area contributed by atoms with E-state index < -0.39 is 0 Å². The van der Waals surface area contributed by atoms with Gasteiger partial charge in [0.2, 0.25) is 11.8 Å². The molecule has 0 aromatic carbocycles. The third kappa shape index (κ3) is 2.42. The van der Waals surface area contributed by atoms with Gasteiger partial charge in [0.1, 0.15) is 0 Å². The Labute approximate surface area is 77.5 Å². The van der Waals surface area contributed by atoms with Crippen molar-refractivity contribution in [2.75, 3.05) is 27.2 Å². The molecule has 1 saturated heterocycles. The molecule has 1 aliphatic rings. The van der Waals surface area contributed by atoms with E-state index in [1.807, 2.05) is 0 Å². The molecule has 74 valence electrons. The first-order chi connectivity index (χ1) is 6.15. The molecule has 0 unspecified atom stereocenters. The Bertz CT molecular complexity index is 217. The maximum atomic E-state index is 11.5. The largest absolute Gasteiger partial charge is 0.359 e. The fourth-order valence-corrected chi connectivity index (χ4v) is 1.32. The van der Waals surface area contributed by atoms with Crippen LogP contribution in [0, 0.1) is 0 Å². The summed E-state index contributed by atoms with van der Waals surface area (Å²) in [6, 6.07) is -0.348. The van der Waals surface area contributed by atoms with Crippen molar-refractivity contribution in [3.05, 3.63) is 0 Å². The highest BCUT2D eigenvalue weighted by molar-refractivity contribution is 5.88. The number of hydrogen-bond acceptors (Lipinski definition) is 3. The average molecular weight is 185 g/mol. The maximum Gasteiger partial charge on any atom is 0.240 e. The van der Waals surface area contributed by atoms with Crippen LogP contribution in [0.5, 0.6) is 0 Å². The van der Waals surface area contributed by atoms with E-state index in [0.717, 1.165) is 6.54 Å². The molecule has 5 heteroatoms. The normalized spacial score (nSPS) is 23.1. The standard InChI is InChI=1S/C8H15N3O2/c1-9-7(12)5-6-8(13)11(2)4-3-10-6/h6,10H,3-5H2,1-2H3,(H,9,12)/t6-/m0/s1. The van der Waals surface area contributed by atoms with Gasteiger partial charge in [-0.15, -0.1) is 0 Å². The highest BCUT2D eigenvalue weighted by atomic mass is 16.2. The van der Waals surface area contributed by atoms with E-state index in [9.17, 15) is 9.59 Å². The van der Waals surface area contributed by atoms with Crippen LogP contribution < -0.4 is 10.6 Å². The first-order valence-corrected chi connectivity index (χ1v) is 4.34. The number of piperazine rings is 1. The number of nitrogens with zero attached hydrogens (tertiary/aromatic N) is 1. The Morgan fingerprint density at radius 3 is 3.08 bits per heavy atom. The minimum atomic E-state index is -0.348. The zero-order valence-electron chi connectivity index (χ0n) is 7.96. The molecule has 0 aliphatic carbocycles. The molecule has 0 bridgehead atoms. The second-order valence-corrected chi connectivity index (χ2v) is 3.14. The van der Waals surface area contributed by atoms with Crippen LogP contribution in [0.3, 0.4) is 0 Å². The van der Waals surface area contributed by atoms with Gasteiger partial charge in [-0.3, -0.25) is 9.59 Å². The molecular formula is C8H15N3O2. The first-order valence-electron chi connectivity index (χ1n) is 4.34. The van der Waals surface area contributed by atoms with Crippen molar-refractivity contribution in [2.24, 2.45) is 0 Å². The number of amides is 2. The van der Waals surface area contributed by atoms with Gasteiger partial charge in [-0.05, 0) is 0 Å². The van der Waals surface area contributed by atoms with Crippen molar-refractivity contribution in [3.63, 3.8) is 0 Å². The van der Waals surface area contributed by atoms with E-state index in [0.29, 0.717) is 6.54 Å². The van der Waals surface area contributed by atoms with Crippen LogP contribution in [-0.4, -0.2) is 49.9 Å². The Hall–Kier alpha value is -1.10. The minimum Gasteiger partial charge on any atom is -0.359 e. The van der Waals surface area contributed by atoms with Crippen molar-refractivity contribution >= 4 is 11.8 Å².